The Morgan fingerprint density at radius 3 is 2.42 bits per heavy atom. The molecule has 0 radical (unpaired) electrons. The Morgan fingerprint density at radius 1 is 1.50 bits per heavy atom. The standard InChI is InChI=1S/C7H8Cl2N2O/c1-11(2)7(12)5-3-4(8)6(9)10-5/h3,10H,1-2H3. The minimum Gasteiger partial charge on any atom is -0.344 e. The maximum atomic E-state index is 11.3. The summed E-state index contributed by atoms with van der Waals surface area (Å²) in [6.45, 7) is 0. The van der Waals surface area contributed by atoms with Crippen molar-refractivity contribution in [2.45, 2.75) is 0 Å². The molecule has 5 heteroatoms. The number of aromatic amines is 1. The van der Waals surface area contributed by atoms with Crippen molar-refractivity contribution in [2.75, 3.05) is 14.1 Å². The van der Waals surface area contributed by atoms with Crippen LogP contribution in [0.1, 0.15) is 10.5 Å². The summed E-state index contributed by atoms with van der Waals surface area (Å²) in [4.78, 5) is 15.4. The Labute approximate surface area is 80.3 Å². The molecule has 0 atom stereocenters. The summed E-state index contributed by atoms with van der Waals surface area (Å²) in [5, 5.41) is 0.656. The molecule has 66 valence electrons. The zero-order valence-electron chi connectivity index (χ0n) is 6.69. The van der Waals surface area contributed by atoms with Crippen LogP contribution in [-0.4, -0.2) is 29.9 Å². The lowest BCUT2D eigenvalue weighted by Crippen LogP contribution is -2.21. The van der Waals surface area contributed by atoms with E-state index in [0.29, 0.717) is 15.9 Å². The number of aromatic nitrogens is 1. The molecule has 0 spiro atoms. The minimum atomic E-state index is -0.149. The van der Waals surface area contributed by atoms with Crippen LogP contribution >= 0.6 is 23.2 Å². The number of nitrogens with zero attached hydrogens (tertiary/aromatic N) is 1. The fourth-order valence-electron chi connectivity index (χ4n) is 0.760. The number of rotatable bonds is 1. The molecule has 1 heterocycles. The summed E-state index contributed by atoms with van der Waals surface area (Å²) in [6, 6.07) is 1.51. The lowest BCUT2D eigenvalue weighted by atomic mass is 10.4. The van der Waals surface area contributed by atoms with E-state index in [9.17, 15) is 4.79 Å². The van der Waals surface area contributed by atoms with E-state index in [4.69, 9.17) is 23.2 Å². The van der Waals surface area contributed by atoms with Crippen LogP contribution in [0.4, 0.5) is 0 Å². The molecule has 0 aliphatic rings. The van der Waals surface area contributed by atoms with Crippen molar-refractivity contribution >= 4 is 29.1 Å². The van der Waals surface area contributed by atoms with Crippen molar-refractivity contribution in [3.63, 3.8) is 0 Å². The topological polar surface area (TPSA) is 36.1 Å². The highest BCUT2D eigenvalue weighted by Gasteiger charge is 2.12. The molecule has 12 heavy (non-hydrogen) atoms. The van der Waals surface area contributed by atoms with Crippen LogP contribution in [-0.2, 0) is 0 Å². The van der Waals surface area contributed by atoms with E-state index < -0.39 is 0 Å². The predicted octanol–water partition coefficient (Wildman–Crippen LogP) is 2.02. The van der Waals surface area contributed by atoms with Gasteiger partial charge in [-0.05, 0) is 6.07 Å². The van der Waals surface area contributed by atoms with Crippen LogP contribution in [0.3, 0.4) is 0 Å². The molecule has 0 aromatic carbocycles. The number of halogens is 2. The highest BCUT2D eigenvalue weighted by molar-refractivity contribution is 6.41. The van der Waals surface area contributed by atoms with Crippen molar-refractivity contribution in [3.05, 3.63) is 21.9 Å². The third kappa shape index (κ3) is 1.73. The van der Waals surface area contributed by atoms with E-state index in [1.807, 2.05) is 0 Å². The van der Waals surface area contributed by atoms with Gasteiger partial charge < -0.3 is 9.88 Å². The van der Waals surface area contributed by atoms with Crippen LogP contribution < -0.4 is 0 Å². The molecule has 0 saturated carbocycles. The molecule has 1 aromatic rings. The zero-order valence-corrected chi connectivity index (χ0v) is 8.20. The first-order valence-electron chi connectivity index (χ1n) is 3.28. The highest BCUT2D eigenvalue weighted by Crippen LogP contribution is 2.22. The van der Waals surface area contributed by atoms with Gasteiger partial charge >= 0.3 is 0 Å². The van der Waals surface area contributed by atoms with Crippen molar-refractivity contribution in [1.82, 2.24) is 9.88 Å². The molecule has 1 N–H and O–H groups in total. The number of hydrogen-bond donors (Lipinski definition) is 1. The van der Waals surface area contributed by atoms with Crippen LogP contribution in [0.5, 0.6) is 0 Å². The van der Waals surface area contributed by atoms with E-state index in [0.717, 1.165) is 0 Å². The molecule has 0 bridgehead atoms. The second-order valence-electron chi connectivity index (χ2n) is 2.54. The van der Waals surface area contributed by atoms with Crippen molar-refractivity contribution < 1.29 is 4.79 Å². The van der Waals surface area contributed by atoms with Gasteiger partial charge in [0.25, 0.3) is 5.91 Å². The lowest BCUT2D eigenvalue weighted by molar-refractivity contribution is 0.0822. The fraction of sp³-hybridized carbons (Fsp3) is 0.286. The Morgan fingerprint density at radius 2 is 2.08 bits per heavy atom. The van der Waals surface area contributed by atoms with Crippen molar-refractivity contribution in [2.24, 2.45) is 0 Å². The molecular weight excluding hydrogens is 199 g/mol. The van der Waals surface area contributed by atoms with Crippen LogP contribution in [0.15, 0.2) is 6.07 Å². The molecule has 1 amide bonds. The van der Waals surface area contributed by atoms with E-state index >= 15 is 0 Å². The van der Waals surface area contributed by atoms with Gasteiger partial charge in [0, 0.05) is 14.1 Å². The summed E-state index contributed by atoms with van der Waals surface area (Å²) in [5.41, 5.74) is 0.398. The Balaban J connectivity index is 2.97. The molecule has 1 aromatic heterocycles. The number of hydrogen-bond acceptors (Lipinski definition) is 1. The first-order valence-corrected chi connectivity index (χ1v) is 4.03. The largest absolute Gasteiger partial charge is 0.344 e. The number of carbonyl (C=O) groups excluding carboxylic acids is 1. The molecular formula is C7H8Cl2N2O. The van der Waals surface area contributed by atoms with Gasteiger partial charge in [-0.2, -0.15) is 0 Å². The van der Waals surface area contributed by atoms with Crippen LogP contribution in [0.25, 0.3) is 0 Å². The van der Waals surface area contributed by atoms with Crippen LogP contribution in [0, 0.1) is 0 Å². The molecule has 1 rings (SSSR count). The SMILES string of the molecule is CN(C)C(=O)c1cc(Cl)c(Cl)[nH]1. The first kappa shape index (κ1) is 9.42. The highest BCUT2D eigenvalue weighted by atomic mass is 35.5. The summed E-state index contributed by atoms with van der Waals surface area (Å²) >= 11 is 11.3. The minimum absolute atomic E-state index is 0.149. The Hall–Kier alpha value is -0.670. The number of carbonyl (C=O) groups is 1. The summed E-state index contributed by atoms with van der Waals surface area (Å²) in [7, 11) is 3.32. The molecule has 0 aliphatic heterocycles. The van der Waals surface area contributed by atoms with Crippen molar-refractivity contribution in [3.8, 4) is 0 Å². The second kappa shape index (κ2) is 3.37. The van der Waals surface area contributed by atoms with Gasteiger partial charge in [-0.3, -0.25) is 4.79 Å². The van der Waals surface area contributed by atoms with Gasteiger partial charge in [-0.25, -0.2) is 0 Å². The lowest BCUT2D eigenvalue weighted by Gasteiger charge is -2.07. The van der Waals surface area contributed by atoms with Gasteiger partial charge in [0.1, 0.15) is 10.8 Å². The third-order valence-corrected chi connectivity index (χ3v) is 2.05. The monoisotopic (exact) mass is 206 g/mol. The van der Waals surface area contributed by atoms with Gasteiger partial charge in [0.15, 0.2) is 0 Å². The maximum absolute atomic E-state index is 11.3. The summed E-state index contributed by atoms with van der Waals surface area (Å²) < 4.78 is 0. The first-order chi connectivity index (χ1) is 5.52. The number of H-pyrrole nitrogens is 1. The van der Waals surface area contributed by atoms with Gasteiger partial charge in [-0.15, -0.1) is 0 Å². The van der Waals surface area contributed by atoms with E-state index in [1.165, 1.54) is 11.0 Å². The molecule has 0 saturated heterocycles. The summed E-state index contributed by atoms with van der Waals surface area (Å²) in [5.74, 6) is -0.149. The smallest absolute Gasteiger partial charge is 0.269 e. The van der Waals surface area contributed by atoms with Gasteiger partial charge in [0.2, 0.25) is 0 Å². The van der Waals surface area contributed by atoms with Gasteiger partial charge in [0.05, 0.1) is 5.02 Å². The Bertz CT molecular complexity index is 287. The second-order valence-corrected chi connectivity index (χ2v) is 3.33. The average molecular weight is 207 g/mol. The molecule has 0 unspecified atom stereocenters. The van der Waals surface area contributed by atoms with E-state index in [2.05, 4.69) is 4.98 Å². The molecule has 0 aliphatic carbocycles. The maximum Gasteiger partial charge on any atom is 0.269 e. The third-order valence-electron chi connectivity index (χ3n) is 1.36. The van der Waals surface area contributed by atoms with Crippen molar-refractivity contribution in [1.29, 1.82) is 0 Å². The van der Waals surface area contributed by atoms with E-state index in [1.54, 1.807) is 14.1 Å². The predicted molar refractivity (Wildman–Crippen MR) is 48.8 cm³/mol. The zero-order chi connectivity index (χ0) is 9.30. The van der Waals surface area contributed by atoms with E-state index in [-0.39, 0.29) is 5.91 Å². The number of nitrogens with one attached hydrogen (secondary N) is 1. The Kier molecular flexibility index (Phi) is 2.65. The molecule has 3 nitrogen and oxygen atoms in total. The summed E-state index contributed by atoms with van der Waals surface area (Å²) in [6.07, 6.45) is 0. The normalized spacial score (nSPS) is 10.0. The quantitative estimate of drug-likeness (QED) is 0.751. The molecule has 0 fully saturated rings. The van der Waals surface area contributed by atoms with Gasteiger partial charge in [-0.1, -0.05) is 23.2 Å². The average Bonchev–Trinajstić information content (AvgIpc) is 2.30. The van der Waals surface area contributed by atoms with Crippen LogP contribution in [0.2, 0.25) is 10.2 Å². The fourth-order valence-corrected chi connectivity index (χ4v) is 1.07. The number of amides is 1.